The van der Waals surface area contributed by atoms with E-state index in [1.807, 2.05) is 17.5 Å². The molecule has 1 aromatic rings. The molecule has 0 aromatic carbocycles. The predicted molar refractivity (Wildman–Crippen MR) is 103 cm³/mol. The normalized spacial score (nSPS) is 16.2. The number of carbonyl (C=O) groups excluding carboxylic acids is 1. The Morgan fingerprint density at radius 1 is 1.50 bits per heavy atom. The van der Waals surface area contributed by atoms with Gasteiger partial charge in [-0.3, -0.25) is 9.79 Å². The highest BCUT2D eigenvalue weighted by Gasteiger charge is 2.16. The minimum atomic E-state index is -0.00744. The summed E-state index contributed by atoms with van der Waals surface area (Å²) in [6, 6.07) is 3.71. The van der Waals surface area contributed by atoms with Gasteiger partial charge in [0.2, 0.25) is 0 Å². The number of amides is 1. The first-order valence-corrected chi connectivity index (χ1v) is 8.41. The maximum atomic E-state index is 11.7. The van der Waals surface area contributed by atoms with Crippen molar-refractivity contribution in [2.75, 3.05) is 26.2 Å². The van der Waals surface area contributed by atoms with Crippen LogP contribution < -0.4 is 11.1 Å². The Balaban J connectivity index is 0.00000242. The molecule has 124 valence electrons. The number of rotatable bonds is 5. The van der Waals surface area contributed by atoms with E-state index in [1.165, 1.54) is 24.2 Å². The van der Waals surface area contributed by atoms with E-state index in [0.29, 0.717) is 19.0 Å². The Hall–Kier alpha value is -0.830. The van der Waals surface area contributed by atoms with Crippen molar-refractivity contribution in [1.29, 1.82) is 0 Å². The van der Waals surface area contributed by atoms with Crippen molar-refractivity contribution in [2.45, 2.75) is 26.2 Å². The van der Waals surface area contributed by atoms with Gasteiger partial charge in [-0.05, 0) is 36.6 Å². The van der Waals surface area contributed by atoms with Crippen LogP contribution in [-0.2, 0) is 0 Å². The lowest BCUT2D eigenvalue weighted by atomic mass is 10.00. The Labute approximate surface area is 153 Å². The van der Waals surface area contributed by atoms with Crippen molar-refractivity contribution >= 4 is 47.2 Å². The highest BCUT2D eigenvalue weighted by Crippen LogP contribution is 2.15. The number of halogens is 1. The number of hydrogen-bond donors (Lipinski definition) is 2. The maximum Gasteiger partial charge on any atom is 0.261 e. The molecule has 5 nitrogen and oxygen atoms in total. The van der Waals surface area contributed by atoms with E-state index < -0.39 is 0 Å². The molecule has 1 aliphatic rings. The number of guanidine groups is 1. The largest absolute Gasteiger partial charge is 0.370 e. The van der Waals surface area contributed by atoms with Crippen LogP contribution in [0.1, 0.15) is 35.9 Å². The lowest BCUT2D eigenvalue weighted by Crippen LogP contribution is -2.42. The third-order valence-corrected chi connectivity index (χ3v) is 4.62. The standard InChI is InChI=1S/C15H24N4OS.HI/c1-12-5-9-19(10-6-12)15(16)18-8-3-7-17-14(20)13-4-2-11-21-13;/h2,4,11-12H,3,5-10H2,1H3,(H2,16,18)(H,17,20);1H. The summed E-state index contributed by atoms with van der Waals surface area (Å²) < 4.78 is 0. The first kappa shape index (κ1) is 19.2. The van der Waals surface area contributed by atoms with E-state index in [1.54, 1.807) is 0 Å². The van der Waals surface area contributed by atoms with Crippen molar-refractivity contribution < 1.29 is 4.79 Å². The highest BCUT2D eigenvalue weighted by atomic mass is 127. The van der Waals surface area contributed by atoms with Crippen LogP contribution in [0.4, 0.5) is 0 Å². The summed E-state index contributed by atoms with van der Waals surface area (Å²) >= 11 is 1.45. The van der Waals surface area contributed by atoms with Crippen molar-refractivity contribution in [3.8, 4) is 0 Å². The topological polar surface area (TPSA) is 70.7 Å². The Morgan fingerprint density at radius 3 is 2.86 bits per heavy atom. The summed E-state index contributed by atoms with van der Waals surface area (Å²) in [6.45, 7) is 5.57. The first-order valence-electron chi connectivity index (χ1n) is 7.53. The van der Waals surface area contributed by atoms with Crippen LogP contribution in [0.3, 0.4) is 0 Å². The Bertz CT molecular complexity index is 470. The monoisotopic (exact) mass is 436 g/mol. The lowest BCUT2D eigenvalue weighted by molar-refractivity contribution is 0.0957. The van der Waals surface area contributed by atoms with E-state index in [0.717, 1.165) is 30.3 Å². The maximum absolute atomic E-state index is 11.7. The van der Waals surface area contributed by atoms with Gasteiger partial charge < -0.3 is 16.0 Å². The third kappa shape index (κ3) is 6.12. The summed E-state index contributed by atoms with van der Waals surface area (Å²) in [7, 11) is 0. The molecule has 0 bridgehead atoms. The Morgan fingerprint density at radius 2 is 2.23 bits per heavy atom. The third-order valence-electron chi connectivity index (χ3n) is 3.75. The fourth-order valence-electron chi connectivity index (χ4n) is 2.31. The molecule has 0 unspecified atom stereocenters. The van der Waals surface area contributed by atoms with Crippen molar-refractivity contribution in [2.24, 2.45) is 16.6 Å². The summed E-state index contributed by atoms with van der Waals surface area (Å²) in [5, 5.41) is 4.79. The molecule has 3 N–H and O–H groups in total. The molecule has 1 aliphatic heterocycles. The van der Waals surface area contributed by atoms with Crippen molar-refractivity contribution in [3.63, 3.8) is 0 Å². The number of piperidine rings is 1. The predicted octanol–water partition coefficient (Wildman–Crippen LogP) is 2.53. The van der Waals surface area contributed by atoms with Gasteiger partial charge in [-0.2, -0.15) is 0 Å². The van der Waals surface area contributed by atoms with Gasteiger partial charge in [-0.15, -0.1) is 35.3 Å². The van der Waals surface area contributed by atoms with Crippen LogP contribution in [0.25, 0.3) is 0 Å². The lowest BCUT2D eigenvalue weighted by Gasteiger charge is -2.31. The van der Waals surface area contributed by atoms with Gasteiger partial charge in [-0.25, -0.2) is 0 Å². The number of hydrogen-bond acceptors (Lipinski definition) is 3. The second kappa shape index (κ2) is 10.0. The minimum Gasteiger partial charge on any atom is -0.370 e. The van der Waals surface area contributed by atoms with Crippen LogP contribution in [0.2, 0.25) is 0 Å². The van der Waals surface area contributed by atoms with Crippen LogP contribution in [-0.4, -0.2) is 42.9 Å². The molecular weight excluding hydrogens is 411 g/mol. The number of nitrogens with zero attached hydrogens (tertiary/aromatic N) is 2. The van der Waals surface area contributed by atoms with Gasteiger partial charge in [0.05, 0.1) is 4.88 Å². The first-order chi connectivity index (χ1) is 10.2. The smallest absolute Gasteiger partial charge is 0.261 e. The summed E-state index contributed by atoms with van der Waals surface area (Å²) in [4.78, 5) is 19.0. The van der Waals surface area contributed by atoms with Gasteiger partial charge in [-0.1, -0.05) is 13.0 Å². The SMILES string of the molecule is CC1CCN(C(N)=NCCCNC(=O)c2cccs2)CC1.I. The summed E-state index contributed by atoms with van der Waals surface area (Å²) in [5.74, 6) is 1.43. The van der Waals surface area contributed by atoms with Crippen LogP contribution in [0.5, 0.6) is 0 Å². The number of nitrogens with one attached hydrogen (secondary N) is 1. The molecule has 0 saturated carbocycles. The second-order valence-corrected chi connectivity index (χ2v) is 6.44. The fraction of sp³-hybridized carbons (Fsp3) is 0.600. The number of nitrogens with two attached hydrogens (primary N) is 1. The second-order valence-electron chi connectivity index (χ2n) is 5.50. The van der Waals surface area contributed by atoms with Gasteiger partial charge >= 0.3 is 0 Å². The van der Waals surface area contributed by atoms with E-state index in [4.69, 9.17) is 5.73 Å². The molecule has 0 aliphatic carbocycles. The molecule has 2 heterocycles. The zero-order valence-electron chi connectivity index (χ0n) is 13.0. The van der Waals surface area contributed by atoms with E-state index in [9.17, 15) is 4.79 Å². The molecule has 1 aromatic heterocycles. The average molecular weight is 436 g/mol. The highest BCUT2D eigenvalue weighted by molar-refractivity contribution is 14.0. The van der Waals surface area contributed by atoms with Gasteiger partial charge in [0, 0.05) is 26.2 Å². The molecular formula is C15H25IN4OS. The van der Waals surface area contributed by atoms with Crippen LogP contribution in [0, 0.1) is 5.92 Å². The molecule has 1 fully saturated rings. The quantitative estimate of drug-likeness (QED) is 0.323. The average Bonchev–Trinajstić information content (AvgIpc) is 3.01. The fourth-order valence-corrected chi connectivity index (χ4v) is 2.95. The molecule has 7 heteroatoms. The van der Waals surface area contributed by atoms with Gasteiger partial charge in [0.25, 0.3) is 5.91 Å². The van der Waals surface area contributed by atoms with Crippen molar-refractivity contribution in [3.05, 3.63) is 22.4 Å². The molecule has 0 atom stereocenters. The molecule has 2 rings (SSSR count). The number of carbonyl (C=O) groups is 1. The molecule has 1 saturated heterocycles. The number of aliphatic imine (C=N–C) groups is 1. The van der Waals surface area contributed by atoms with Crippen LogP contribution in [0.15, 0.2) is 22.5 Å². The molecule has 22 heavy (non-hydrogen) atoms. The molecule has 0 radical (unpaired) electrons. The summed E-state index contributed by atoms with van der Waals surface area (Å²) in [6.07, 6.45) is 3.18. The minimum absolute atomic E-state index is 0. The van der Waals surface area contributed by atoms with E-state index in [-0.39, 0.29) is 29.9 Å². The zero-order valence-corrected chi connectivity index (χ0v) is 16.1. The van der Waals surface area contributed by atoms with Crippen LogP contribution >= 0.6 is 35.3 Å². The number of thiophene rings is 1. The summed E-state index contributed by atoms with van der Waals surface area (Å²) in [5.41, 5.74) is 6.00. The zero-order chi connectivity index (χ0) is 15.1. The van der Waals surface area contributed by atoms with Gasteiger partial charge in [0.15, 0.2) is 5.96 Å². The van der Waals surface area contributed by atoms with E-state index in [2.05, 4.69) is 22.1 Å². The van der Waals surface area contributed by atoms with Crippen molar-refractivity contribution in [1.82, 2.24) is 10.2 Å². The Kier molecular flexibility index (Phi) is 8.77. The molecule has 1 amide bonds. The van der Waals surface area contributed by atoms with Gasteiger partial charge in [0.1, 0.15) is 0 Å². The molecule has 0 spiro atoms. The number of likely N-dealkylation sites (tertiary alicyclic amines) is 1. The van der Waals surface area contributed by atoms with E-state index >= 15 is 0 Å².